The van der Waals surface area contributed by atoms with Gasteiger partial charge in [-0.25, -0.2) is 13.8 Å². The second-order valence-electron chi connectivity index (χ2n) is 5.84. The smallest absolute Gasteiger partial charge is 0.271 e. The van der Waals surface area contributed by atoms with E-state index in [0.29, 0.717) is 24.1 Å². The molecule has 1 N–H and O–H groups in total. The molecule has 0 aliphatic carbocycles. The highest BCUT2D eigenvalue weighted by Crippen LogP contribution is 2.18. The molecular formula is C18H16ClF2N3O. The lowest BCUT2D eigenvalue weighted by Crippen LogP contribution is -2.33. The van der Waals surface area contributed by atoms with E-state index in [1.165, 1.54) is 12.1 Å². The zero-order chi connectivity index (χ0) is 18.0. The summed E-state index contributed by atoms with van der Waals surface area (Å²) in [4.78, 5) is 16.6. The van der Waals surface area contributed by atoms with Crippen LogP contribution in [0.15, 0.2) is 42.6 Å². The summed E-state index contributed by atoms with van der Waals surface area (Å²) in [7, 11) is 0. The summed E-state index contributed by atoms with van der Waals surface area (Å²) >= 11 is 6.08. The first kappa shape index (κ1) is 17.4. The number of nitrogens with zero attached hydrogens (tertiary/aromatic N) is 2. The highest BCUT2D eigenvalue weighted by Gasteiger charge is 2.19. The number of imidazole rings is 1. The lowest BCUT2D eigenvalue weighted by molar-refractivity contribution is 0.0932. The molecule has 0 aliphatic rings. The largest absolute Gasteiger partial charge is 0.348 e. The number of hydrogen-bond acceptors (Lipinski definition) is 2. The van der Waals surface area contributed by atoms with Gasteiger partial charge < -0.3 is 5.32 Å². The summed E-state index contributed by atoms with van der Waals surface area (Å²) in [6, 6.07) is 8.99. The van der Waals surface area contributed by atoms with Crippen molar-refractivity contribution in [2.45, 2.75) is 25.8 Å². The predicted molar refractivity (Wildman–Crippen MR) is 91.8 cm³/mol. The van der Waals surface area contributed by atoms with Gasteiger partial charge in [0.2, 0.25) is 0 Å². The maximum Gasteiger partial charge on any atom is 0.271 e. The Morgan fingerprint density at radius 1 is 1.28 bits per heavy atom. The van der Waals surface area contributed by atoms with Crippen LogP contribution in [0.1, 0.15) is 29.4 Å². The van der Waals surface area contributed by atoms with E-state index in [9.17, 15) is 13.6 Å². The number of benzene rings is 1. The molecule has 0 radical (unpaired) electrons. The first-order chi connectivity index (χ1) is 12.0. The maximum atomic E-state index is 13.2. The summed E-state index contributed by atoms with van der Waals surface area (Å²) in [5.74, 6) is -2.07. The third-order valence-corrected chi connectivity index (χ3v) is 4.19. The van der Waals surface area contributed by atoms with Crippen molar-refractivity contribution in [2.24, 2.45) is 0 Å². The van der Waals surface area contributed by atoms with Crippen LogP contribution in [0.3, 0.4) is 0 Å². The number of fused-ring (bicyclic) bond motifs is 1. The average Bonchev–Trinajstić information content (AvgIpc) is 2.91. The molecule has 2 heterocycles. The monoisotopic (exact) mass is 363 g/mol. The number of aromatic nitrogens is 2. The van der Waals surface area contributed by atoms with Gasteiger partial charge in [-0.15, -0.1) is 0 Å². The molecule has 25 heavy (non-hydrogen) atoms. The SMILES string of the molecule is CC(CCc1ccc(F)c(F)c1)NC(=O)c1c(Cl)nc2ccccn12. The minimum absolute atomic E-state index is 0.136. The van der Waals surface area contributed by atoms with Crippen LogP contribution in [0.2, 0.25) is 5.15 Å². The van der Waals surface area contributed by atoms with Gasteiger partial charge in [0.25, 0.3) is 5.91 Å². The fourth-order valence-corrected chi connectivity index (χ4v) is 2.88. The zero-order valence-corrected chi connectivity index (χ0v) is 14.2. The van der Waals surface area contributed by atoms with Crippen LogP contribution >= 0.6 is 11.6 Å². The number of halogens is 3. The number of aryl methyl sites for hydroxylation is 1. The molecule has 0 saturated carbocycles. The van der Waals surface area contributed by atoms with Crippen molar-refractivity contribution in [2.75, 3.05) is 0 Å². The predicted octanol–water partition coefficient (Wildman–Crippen LogP) is 4.02. The average molecular weight is 364 g/mol. The molecule has 0 aliphatic heterocycles. The molecule has 1 atom stereocenters. The second kappa shape index (κ2) is 7.19. The normalized spacial score (nSPS) is 12.3. The summed E-state index contributed by atoms with van der Waals surface area (Å²) < 4.78 is 27.8. The van der Waals surface area contributed by atoms with Gasteiger partial charge in [0, 0.05) is 12.2 Å². The summed E-state index contributed by atoms with van der Waals surface area (Å²) in [5, 5.41) is 3.00. The van der Waals surface area contributed by atoms with Gasteiger partial charge in [0.1, 0.15) is 5.65 Å². The van der Waals surface area contributed by atoms with Gasteiger partial charge >= 0.3 is 0 Å². The lowest BCUT2D eigenvalue weighted by atomic mass is 10.1. The highest BCUT2D eigenvalue weighted by molar-refractivity contribution is 6.32. The van der Waals surface area contributed by atoms with Gasteiger partial charge in [0.05, 0.1) is 0 Å². The number of rotatable bonds is 5. The fourth-order valence-electron chi connectivity index (χ4n) is 2.61. The number of carbonyl (C=O) groups excluding carboxylic acids is 1. The Kier molecular flexibility index (Phi) is 4.99. The Morgan fingerprint density at radius 2 is 2.08 bits per heavy atom. The van der Waals surface area contributed by atoms with Gasteiger partial charge in [0.15, 0.2) is 22.5 Å². The standard InChI is InChI=1S/C18H16ClF2N3O/c1-11(5-6-12-7-8-13(20)14(21)10-12)22-18(25)16-17(19)23-15-4-2-3-9-24(15)16/h2-4,7-11H,5-6H2,1H3,(H,22,25). The molecule has 0 spiro atoms. The summed E-state index contributed by atoms with van der Waals surface area (Å²) in [6.45, 7) is 1.84. The molecule has 4 nitrogen and oxygen atoms in total. The van der Waals surface area contributed by atoms with Crippen LogP contribution in [-0.4, -0.2) is 21.3 Å². The molecule has 1 aromatic carbocycles. The van der Waals surface area contributed by atoms with Crippen molar-refractivity contribution in [3.63, 3.8) is 0 Å². The third kappa shape index (κ3) is 3.79. The lowest BCUT2D eigenvalue weighted by Gasteiger charge is -2.14. The summed E-state index contributed by atoms with van der Waals surface area (Å²) in [5.41, 5.74) is 1.54. The van der Waals surface area contributed by atoms with Crippen LogP contribution in [0.5, 0.6) is 0 Å². The molecule has 1 unspecified atom stereocenters. The zero-order valence-electron chi connectivity index (χ0n) is 13.5. The van der Waals surface area contributed by atoms with E-state index in [-0.39, 0.29) is 22.8 Å². The molecule has 0 saturated heterocycles. The molecule has 0 bridgehead atoms. The first-order valence-corrected chi connectivity index (χ1v) is 8.21. The number of amides is 1. The number of nitrogens with one attached hydrogen (secondary N) is 1. The van der Waals surface area contributed by atoms with E-state index < -0.39 is 11.6 Å². The quantitative estimate of drug-likeness (QED) is 0.744. The fraction of sp³-hybridized carbons (Fsp3) is 0.222. The highest BCUT2D eigenvalue weighted by atomic mass is 35.5. The number of hydrogen-bond donors (Lipinski definition) is 1. The minimum Gasteiger partial charge on any atom is -0.348 e. The van der Waals surface area contributed by atoms with Crippen molar-refractivity contribution < 1.29 is 13.6 Å². The van der Waals surface area contributed by atoms with Crippen molar-refractivity contribution >= 4 is 23.2 Å². The van der Waals surface area contributed by atoms with E-state index in [2.05, 4.69) is 10.3 Å². The van der Waals surface area contributed by atoms with Crippen LogP contribution in [0.4, 0.5) is 8.78 Å². The van der Waals surface area contributed by atoms with E-state index in [4.69, 9.17) is 11.6 Å². The Hall–Kier alpha value is -2.47. The molecular weight excluding hydrogens is 348 g/mol. The molecule has 3 rings (SSSR count). The number of pyridine rings is 1. The molecule has 2 aromatic heterocycles. The molecule has 3 aromatic rings. The Balaban J connectivity index is 1.65. The van der Waals surface area contributed by atoms with Crippen molar-refractivity contribution in [3.8, 4) is 0 Å². The van der Waals surface area contributed by atoms with Gasteiger partial charge in [-0.2, -0.15) is 0 Å². The second-order valence-corrected chi connectivity index (χ2v) is 6.20. The molecule has 0 fully saturated rings. The van der Waals surface area contributed by atoms with E-state index in [1.54, 1.807) is 22.7 Å². The van der Waals surface area contributed by atoms with Crippen molar-refractivity contribution in [3.05, 3.63) is 70.6 Å². The molecule has 1 amide bonds. The Bertz CT molecular complexity index is 926. The van der Waals surface area contributed by atoms with Crippen molar-refractivity contribution in [1.82, 2.24) is 14.7 Å². The van der Waals surface area contributed by atoms with Crippen molar-refractivity contribution in [1.29, 1.82) is 0 Å². The van der Waals surface area contributed by atoms with Gasteiger partial charge in [-0.1, -0.05) is 23.7 Å². The van der Waals surface area contributed by atoms with Crippen LogP contribution in [0.25, 0.3) is 5.65 Å². The van der Waals surface area contributed by atoms with E-state index in [1.807, 2.05) is 13.0 Å². The molecule has 7 heteroatoms. The van der Waals surface area contributed by atoms with Gasteiger partial charge in [-0.3, -0.25) is 9.20 Å². The van der Waals surface area contributed by atoms with Crippen LogP contribution in [0, 0.1) is 11.6 Å². The van der Waals surface area contributed by atoms with Gasteiger partial charge in [-0.05, 0) is 49.6 Å². The topological polar surface area (TPSA) is 46.4 Å². The molecule has 130 valence electrons. The maximum absolute atomic E-state index is 13.2. The van der Waals surface area contributed by atoms with E-state index in [0.717, 1.165) is 6.07 Å². The van der Waals surface area contributed by atoms with Crippen LogP contribution < -0.4 is 5.32 Å². The Morgan fingerprint density at radius 3 is 2.84 bits per heavy atom. The van der Waals surface area contributed by atoms with Crippen LogP contribution in [-0.2, 0) is 6.42 Å². The summed E-state index contributed by atoms with van der Waals surface area (Å²) in [6.07, 6.45) is 2.81. The number of carbonyl (C=O) groups is 1. The first-order valence-electron chi connectivity index (χ1n) is 7.83. The minimum atomic E-state index is -0.869. The Labute approximate surface area is 148 Å². The van der Waals surface area contributed by atoms with E-state index >= 15 is 0 Å². The third-order valence-electron chi connectivity index (χ3n) is 3.93.